The van der Waals surface area contributed by atoms with Crippen LogP contribution in [0, 0.1) is 6.92 Å². The van der Waals surface area contributed by atoms with E-state index < -0.39 is 0 Å². The Hall–Kier alpha value is -1.26. The van der Waals surface area contributed by atoms with Crippen molar-refractivity contribution >= 4 is 17.5 Å². The Labute approximate surface area is 143 Å². The van der Waals surface area contributed by atoms with Crippen LogP contribution in [0.5, 0.6) is 5.75 Å². The van der Waals surface area contributed by atoms with Gasteiger partial charge in [-0.3, -0.25) is 4.79 Å². The molecule has 128 valence electrons. The third kappa shape index (κ3) is 5.40. The molecule has 0 aliphatic carbocycles. The number of piperidine rings is 1. The molecule has 5 heteroatoms. The highest BCUT2D eigenvalue weighted by Gasteiger charge is 2.38. The Bertz CT molecular complexity index is 568. The summed E-state index contributed by atoms with van der Waals surface area (Å²) in [6, 6.07) is 5.67. The molecule has 0 bridgehead atoms. The minimum atomic E-state index is -0.110. The second-order valence-electron chi connectivity index (χ2n) is 7.79. The van der Waals surface area contributed by atoms with Crippen molar-refractivity contribution in [2.45, 2.75) is 64.6 Å². The van der Waals surface area contributed by atoms with Gasteiger partial charge in [-0.2, -0.15) is 0 Å². The Morgan fingerprint density at radius 3 is 2.52 bits per heavy atom. The van der Waals surface area contributed by atoms with Gasteiger partial charge in [-0.25, -0.2) is 0 Å². The molecule has 1 saturated heterocycles. The van der Waals surface area contributed by atoms with Crippen LogP contribution in [0.1, 0.15) is 46.1 Å². The van der Waals surface area contributed by atoms with Crippen molar-refractivity contribution in [2.75, 3.05) is 6.61 Å². The van der Waals surface area contributed by atoms with Gasteiger partial charge in [-0.15, -0.1) is 0 Å². The van der Waals surface area contributed by atoms with Gasteiger partial charge in [0.25, 0.3) is 5.91 Å². The molecule has 2 N–H and O–H groups in total. The molecule has 1 aromatic carbocycles. The number of rotatable bonds is 4. The zero-order valence-corrected chi connectivity index (χ0v) is 15.4. The molecule has 2 rings (SSSR count). The van der Waals surface area contributed by atoms with Crippen molar-refractivity contribution in [3.8, 4) is 5.75 Å². The Morgan fingerprint density at radius 1 is 1.30 bits per heavy atom. The Morgan fingerprint density at radius 2 is 1.91 bits per heavy atom. The summed E-state index contributed by atoms with van der Waals surface area (Å²) >= 11 is 6.08. The second kappa shape index (κ2) is 6.70. The minimum absolute atomic E-state index is 0.000401. The van der Waals surface area contributed by atoms with Crippen LogP contribution in [0.25, 0.3) is 0 Å². The van der Waals surface area contributed by atoms with E-state index in [-0.39, 0.29) is 29.6 Å². The zero-order chi connectivity index (χ0) is 17.3. The predicted octanol–water partition coefficient (Wildman–Crippen LogP) is 3.45. The third-order valence-corrected chi connectivity index (χ3v) is 4.31. The lowest BCUT2D eigenvalue weighted by Gasteiger charge is -2.46. The molecule has 0 saturated carbocycles. The number of hydrogen-bond acceptors (Lipinski definition) is 3. The summed E-state index contributed by atoms with van der Waals surface area (Å²) < 4.78 is 5.57. The molecule has 23 heavy (non-hydrogen) atoms. The monoisotopic (exact) mass is 338 g/mol. The predicted molar refractivity (Wildman–Crippen MR) is 94.1 cm³/mol. The standard InChI is InChI=1S/C18H27ClN2O2/c1-12-6-7-14(19)15(8-12)23-11-16(22)20-13-9-17(2,3)21-18(4,5)10-13/h6-8,13,21H,9-11H2,1-5H3,(H,20,22). The van der Waals surface area contributed by atoms with Crippen molar-refractivity contribution in [3.63, 3.8) is 0 Å². The zero-order valence-electron chi connectivity index (χ0n) is 14.6. The van der Waals surface area contributed by atoms with E-state index in [1.807, 2.05) is 19.1 Å². The summed E-state index contributed by atoms with van der Waals surface area (Å²) in [7, 11) is 0. The first-order chi connectivity index (χ1) is 10.6. The van der Waals surface area contributed by atoms with E-state index in [0.717, 1.165) is 18.4 Å². The van der Waals surface area contributed by atoms with Gasteiger partial charge >= 0.3 is 0 Å². The van der Waals surface area contributed by atoms with E-state index in [4.69, 9.17) is 16.3 Å². The van der Waals surface area contributed by atoms with Crippen LogP contribution < -0.4 is 15.4 Å². The number of amides is 1. The van der Waals surface area contributed by atoms with Crippen molar-refractivity contribution in [1.82, 2.24) is 10.6 Å². The first-order valence-corrected chi connectivity index (χ1v) is 8.42. The number of carbonyl (C=O) groups is 1. The Kier molecular flexibility index (Phi) is 5.27. The summed E-state index contributed by atoms with van der Waals surface area (Å²) in [4.78, 5) is 12.2. The van der Waals surface area contributed by atoms with Crippen LogP contribution in [0.2, 0.25) is 5.02 Å². The SMILES string of the molecule is Cc1ccc(Cl)c(OCC(=O)NC2CC(C)(C)NC(C)(C)C2)c1. The number of nitrogens with one attached hydrogen (secondary N) is 2. The molecular weight excluding hydrogens is 312 g/mol. The number of ether oxygens (including phenoxy) is 1. The molecule has 1 fully saturated rings. The molecule has 1 aromatic rings. The van der Waals surface area contributed by atoms with Gasteiger partial charge in [-0.05, 0) is 65.2 Å². The first kappa shape index (κ1) is 18.1. The summed E-state index contributed by atoms with van der Waals surface area (Å²) in [5.74, 6) is 0.439. The number of benzene rings is 1. The van der Waals surface area contributed by atoms with E-state index in [9.17, 15) is 4.79 Å². The molecule has 1 amide bonds. The average Bonchev–Trinajstić information content (AvgIpc) is 2.36. The van der Waals surface area contributed by atoms with Crippen molar-refractivity contribution in [2.24, 2.45) is 0 Å². The van der Waals surface area contributed by atoms with E-state index in [1.54, 1.807) is 6.07 Å². The van der Waals surface area contributed by atoms with Crippen LogP contribution in [-0.4, -0.2) is 29.6 Å². The van der Waals surface area contributed by atoms with Crippen molar-refractivity contribution in [3.05, 3.63) is 28.8 Å². The fourth-order valence-electron chi connectivity index (χ4n) is 3.56. The van der Waals surface area contributed by atoms with E-state index in [1.165, 1.54) is 0 Å². The molecule has 0 spiro atoms. The average molecular weight is 339 g/mol. The highest BCUT2D eigenvalue weighted by atomic mass is 35.5. The largest absolute Gasteiger partial charge is 0.482 e. The van der Waals surface area contributed by atoms with E-state index >= 15 is 0 Å². The van der Waals surface area contributed by atoms with Crippen molar-refractivity contribution < 1.29 is 9.53 Å². The summed E-state index contributed by atoms with van der Waals surface area (Å²) in [6.45, 7) is 10.6. The molecule has 1 heterocycles. The summed E-state index contributed by atoms with van der Waals surface area (Å²) in [5.41, 5.74) is 1.05. The van der Waals surface area contributed by atoms with Gasteiger partial charge < -0.3 is 15.4 Å². The Balaban J connectivity index is 1.91. The molecular formula is C18H27ClN2O2. The van der Waals surface area contributed by atoms with Gasteiger partial charge in [0.1, 0.15) is 5.75 Å². The number of aryl methyl sites for hydroxylation is 1. The fraction of sp³-hybridized carbons (Fsp3) is 0.611. The molecule has 1 aliphatic rings. The number of carbonyl (C=O) groups excluding carboxylic acids is 1. The van der Waals surface area contributed by atoms with E-state index in [2.05, 4.69) is 38.3 Å². The number of hydrogen-bond donors (Lipinski definition) is 2. The molecule has 0 aromatic heterocycles. The topological polar surface area (TPSA) is 50.4 Å². The smallest absolute Gasteiger partial charge is 0.258 e. The van der Waals surface area contributed by atoms with Crippen LogP contribution in [0.4, 0.5) is 0 Å². The third-order valence-electron chi connectivity index (χ3n) is 4.00. The van der Waals surface area contributed by atoms with Crippen LogP contribution in [0.15, 0.2) is 18.2 Å². The maximum Gasteiger partial charge on any atom is 0.258 e. The van der Waals surface area contributed by atoms with Crippen LogP contribution in [-0.2, 0) is 4.79 Å². The molecule has 0 unspecified atom stereocenters. The summed E-state index contributed by atoms with van der Waals surface area (Å²) in [6.07, 6.45) is 1.79. The molecule has 1 aliphatic heterocycles. The fourth-order valence-corrected chi connectivity index (χ4v) is 3.73. The molecule has 0 atom stereocenters. The molecule has 0 radical (unpaired) electrons. The quantitative estimate of drug-likeness (QED) is 0.884. The normalized spacial score (nSPS) is 20.1. The van der Waals surface area contributed by atoms with Gasteiger partial charge in [0.05, 0.1) is 5.02 Å². The first-order valence-electron chi connectivity index (χ1n) is 8.04. The minimum Gasteiger partial charge on any atom is -0.482 e. The van der Waals surface area contributed by atoms with Crippen LogP contribution >= 0.6 is 11.6 Å². The lowest BCUT2D eigenvalue weighted by Crippen LogP contribution is -2.62. The van der Waals surface area contributed by atoms with Gasteiger partial charge in [-0.1, -0.05) is 17.7 Å². The lowest BCUT2D eigenvalue weighted by atomic mass is 9.79. The molecule has 4 nitrogen and oxygen atoms in total. The van der Waals surface area contributed by atoms with Gasteiger partial charge in [0, 0.05) is 17.1 Å². The van der Waals surface area contributed by atoms with Crippen LogP contribution in [0.3, 0.4) is 0 Å². The highest BCUT2D eigenvalue weighted by molar-refractivity contribution is 6.32. The second-order valence-corrected chi connectivity index (χ2v) is 8.20. The van der Waals surface area contributed by atoms with Crippen molar-refractivity contribution in [1.29, 1.82) is 0 Å². The van der Waals surface area contributed by atoms with E-state index in [0.29, 0.717) is 10.8 Å². The van der Waals surface area contributed by atoms with Gasteiger partial charge in [0.2, 0.25) is 0 Å². The maximum atomic E-state index is 12.2. The van der Waals surface area contributed by atoms with Gasteiger partial charge in [0.15, 0.2) is 6.61 Å². The maximum absolute atomic E-state index is 12.2. The summed E-state index contributed by atoms with van der Waals surface area (Å²) in [5, 5.41) is 7.21. The number of halogens is 1. The highest BCUT2D eigenvalue weighted by Crippen LogP contribution is 2.28. The lowest BCUT2D eigenvalue weighted by molar-refractivity contribution is -0.124.